The average Bonchev–Trinajstić information content (AvgIpc) is 2.90. The van der Waals surface area contributed by atoms with Crippen molar-refractivity contribution in [1.29, 1.82) is 0 Å². The number of carbonyl (C=O) groups is 1. The summed E-state index contributed by atoms with van der Waals surface area (Å²) in [6.45, 7) is 12.6. The fourth-order valence-corrected chi connectivity index (χ4v) is 7.07. The molecule has 2 aromatic rings. The first kappa shape index (κ1) is 28.1. The Hall–Kier alpha value is -2.45. The Morgan fingerprint density at radius 2 is 1.95 bits per heavy atom. The number of guanidine groups is 1. The van der Waals surface area contributed by atoms with E-state index < -0.39 is 0 Å². The summed E-state index contributed by atoms with van der Waals surface area (Å²) in [7, 11) is 0. The summed E-state index contributed by atoms with van der Waals surface area (Å²) in [5.41, 5.74) is 2.52. The third kappa shape index (κ3) is 6.17. The minimum absolute atomic E-state index is 0.165. The molecule has 210 valence electrons. The maximum Gasteiger partial charge on any atom is 0.251 e. The predicted octanol–water partition coefficient (Wildman–Crippen LogP) is 5.69. The first-order valence-electron chi connectivity index (χ1n) is 14.3. The number of carbonyl (C=O) groups excluding carboxylic acids is 1. The maximum absolute atomic E-state index is 14.1. The minimum atomic E-state index is -0.270. The van der Waals surface area contributed by atoms with Crippen LogP contribution in [0, 0.1) is 29.0 Å². The molecule has 8 heteroatoms. The van der Waals surface area contributed by atoms with Crippen molar-refractivity contribution in [2.45, 2.75) is 59.0 Å². The number of aliphatic imine (C=N–C) groups is 1. The Morgan fingerprint density at radius 1 is 1.18 bits per heavy atom. The lowest BCUT2D eigenvalue weighted by molar-refractivity contribution is -0.108. The molecule has 2 aromatic carbocycles. The molecule has 1 amide bonds. The molecule has 4 aliphatic rings. The highest BCUT2D eigenvalue weighted by Gasteiger charge is 2.56. The molecule has 3 N–H and O–H groups in total. The second kappa shape index (κ2) is 11.6. The van der Waals surface area contributed by atoms with E-state index >= 15 is 0 Å². The molecule has 6 nitrogen and oxygen atoms in total. The van der Waals surface area contributed by atoms with Crippen LogP contribution in [-0.2, 0) is 6.42 Å². The smallest absolute Gasteiger partial charge is 0.251 e. The van der Waals surface area contributed by atoms with E-state index in [1.54, 1.807) is 6.07 Å². The fourth-order valence-electron chi connectivity index (χ4n) is 6.74. The second-order valence-corrected chi connectivity index (χ2v) is 13.1. The number of fused-ring (bicyclic) bond motifs is 2. The van der Waals surface area contributed by atoms with Gasteiger partial charge in [-0.1, -0.05) is 42.8 Å². The number of halogens is 2. The SMILES string of the molecule is C[C@H]1[C@@H](N=C(Nc2ccc(C(=O)NCCc3ccc(Br)cc3F)cc2)N2CCN[C@@H](C)C2)C[C@@H]2C[C@@H]1C2(C)C. The molecule has 3 aliphatic carbocycles. The standard InChI is InChI=1S/C31H41BrFN5O/c1-19-18-38(14-13-34-19)30(37-28-16-23-15-26(20(28)2)31(23,3)4)36-25-9-6-22(7-10-25)29(39)35-12-11-21-5-8-24(32)17-27(21)33/h5-10,17,19-20,23,26,28,34H,11-16,18H2,1-4H3,(H,35,39)(H,36,37)/t19-,20+,23-,26-,28-/m0/s1. The molecule has 0 spiro atoms. The van der Waals surface area contributed by atoms with Crippen LogP contribution in [0.1, 0.15) is 56.5 Å². The van der Waals surface area contributed by atoms with Crippen LogP contribution in [0.4, 0.5) is 10.1 Å². The molecule has 39 heavy (non-hydrogen) atoms. The number of anilines is 1. The van der Waals surface area contributed by atoms with Crippen LogP contribution < -0.4 is 16.0 Å². The lowest BCUT2D eigenvalue weighted by Gasteiger charge is -2.61. The van der Waals surface area contributed by atoms with Crippen LogP contribution in [-0.4, -0.2) is 55.0 Å². The molecule has 1 aliphatic heterocycles. The number of nitrogens with one attached hydrogen (secondary N) is 3. The third-order valence-corrected chi connectivity index (χ3v) is 9.86. The van der Waals surface area contributed by atoms with Gasteiger partial charge in [0.05, 0.1) is 6.04 Å². The summed E-state index contributed by atoms with van der Waals surface area (Å²) < 4.78 is 14.8. The Balaban J connectivity index is 1.24. The Labute approximate surface area is 240 Å². The topological polar surface area (TPSA) is 68.8 Å². The fraction of sp³-hybridized carbons (Fsp3) is 0.548. The van der Waals surface area contributed by atoms with Crippen molar-refractivity contribution in [3.63, 3.8) is 0 Å². The molecule has 4 fully saturated rings. The van der Waals surface area contributed by atoms with Gasteiger partial charge in [-0.3, -0.25) is 4.79 Å². The predicted molar refractivity (Wildman–Crippen MR) is 160 cm³/mol. The van der Waals surface area contributed by atoms with Gasteiger partial charge in [-0.2, -0.15) is 0 Å². The lowest BCUT2D eigenvalue weighted by atomic mass is 9.45. The third-order valence-electron chi connectivity index (χ3n) is 9.37. The number of benzene rings is 2. The first-order chi connectivity index (χ1) is 18.6. The summed E-state index contributed by atoms with van der Waals surface area (Å²) >= 11 is 3.27. The molecule has 5 atom stereocenters. The summed E-state index contributed by atoms with van der Waals surface area (Å²) in [6, 6.07) is 13.3. The highest BCUT2D eigenvalue weighted by Crippen LogP contribution is 2.61. The van der Waals surface area contributed by atoms with Crippen LogP contribution in [0.5, 0.6) is 0 Å². The molecule has 1 saturated heterocycles. The van der Waals surface area contributed by atoms with E-state index in [0.717, 1.165) is 49.5 Å². The van der Waals surface area contributed by atoms with Gasteiger partial charge in [0.2, 0.25) is 0 Å². The number of piperazine rings is 1. The van der Waals surface area contributed by atoms with Gasteiger partial charge in [-0.25, -0.2) is 9.38 Å². The summed E-state index contributed by atoms with van der Waals surface area (Å²) in [5.74, 6) is 2.57. The summed E-state index contributed by atoms with van der Waals surface area (Å²) in [5, 5.41) is 10.0. The zero-order chi connectivity index (χ0) is 27.7. The van der Waals surface area contributed by atoms with Gasteiger partial charge >= 0.3 is 0 Å². The van der Waals surface area contributed by atoms with Gasteiger partial charge in [0.25, 0.3) is 5.91 Å². The zero-order valence-electron chi connectivity index (χ0n) is 23.4. The van der Waals surface area contributed by atoms with Gasteiger partial charge in [0.1, 0.15) is 5.82 Å². The Bertz CT molecular complexity index is 1220. The van der Waals surface area contributed by atoms with Crippen LogP contribution in [0.3, 0.4) is 0 Å². The van der Waals surface area contributed by atoms with E-state index in [-0.39, 0.29) is 11.7 Å². The van der Waals surface area contributed by atoms with Gasteiger partial charge in [-0.15, -0.1) is 0 Å². The molecule has 2 bridgehead atoms. The van der Waals surface area contributed by atoms with Crippen molar-refractivity contribution >= 4 is 33.5 Å². The van der Waals surface area contributed by atoms with Crippen molar-refractivity contribution in [3.05, 3.63) is 63.9 Å². The van der Waals surface area contributed by atoms with Gasteiger partial charge in [-0.05, 0) is 91.3 Å². The largest absolute Gasteiger partial charge is 0.352 e. The zero-order valence-corrected chi connectivity index (χ0v) is 25.0. The lowest BCUT2D eigenvalue weighted by Crippen LogP contribution is -2.57. The monoisotopic (exact) mass is 597 g/mol. The summed E-state index contributed by atoms with van der Waals surface area (Å²) in [6.07, 6.45) is 2.93. The van der Waals surface area contributed by atoms with E-state index in [2.05, 4.69) is 64.5 Å². The highest BCUT2D eigenvalue weighted by atomic mass is 79.9. The van der Waals surface area contributed by atoms with E-state index in [1.165, 1.54) is 12.5 Å². The molecule has 0 unspecified atom stereocenters. The molecular formula is C31H41BrFN5O. The molecule has 0 radical (unpaired) electrons. The molecule has 3 saturated carbocycles. The first-order valence-corrected chi connectivity index (χ1v) is 15.1. The highest BCUT2D eigenvalue weighted by molar-refractivity contribution is 9.10. The van der Waals surface area contributed by atoms with E-state index in [1.807, 2.05) is 30.3 Å². The average molecular weight is 599 g/mol. The summed E-state index contributed by atoms with van der Waals surface area (Å²) in [4.78, 5) is 20.4. The number of hydrogen-bond acceptors (Lipinski definition) is 3. The van der Waals surface area contributed by atoms with Crippen molar-refractivity contribution in [3.8, 4) is 0 Å². The molecule has 0 aromatic heterocycles. The van der Waals surface area contributed by atoms with Gasteiger partial charge < -0.3 is 20.9 Å². The van der Waals surface area contributed by atoms with Crippen LogP contribution in [0.25, 0.3) is 0 Å². The molecule has 1 heterocycles. The van der Waals surface area contributed by atoms with Gasteiger partial charge in [0.15, 0.2) is 5.96 Å². The van der Waals surface area contributed by atoms with Crippen molar-refractivity contribution in [1.82, 2.24) is 15.5 Å². The van der Waals surface area contributed by atoms with Crippen LogP contribution in [0.15, 0.2) is 51.9 Å². The van der Waals surface area contributed by atoms with E-state index in [0.29, 0.717) is 52.0 Å². The van der Waals surface area contributed by atoms with Crippen molar-refractivity contribution < 1.29 is 9.18 Å². The number of amides is 1. The van der Waals surface area contributed by atoms with E-state index in [4.69, 9.17) is 4.99 Å². The van der Waals surface area contributed by atoms with Crippen molar-refractivity contribution in [2.75, 3.05) is 31.5 Å². The number of hydrogen-bond donors (Lipinski definition) is 3. The molecule has 6 rings (SSSR count). The Kier molecular flexibility index (Phi) is 8.34. The normalized spacial score (nSPS) is 28.0. The van der Waals surface area contributed by atoms with Gasteiger partial charge in [0, 0.05) is 47.9 Å². The number of rotatable bonds is 6. The minimum Gasteiger partial charge on any atom is -0.352 e. The maximum atomic E-state index is 14.1. The van der Waals surface area contributed by atoms with Crippen molar-refractivity contribution in [2.24, 2.45) is 28.2 Å². The quantitative estimate of drug-likeness (QED) is 0.295. The molecular weight excluding hydrogens is 557 g/mol. The van der Waals surface area contributed by atoms with E-state index in [9.17, 15) is 9.18 Å². The van der Waals surface area contributed by atoms with Crippen LogP contribution in [0.2, 0.25) is 0 Å². The Morgan fingerprint density at radius 3 is 2.62 bits per heavy atom. The second-order valence-electron chi connectivity index (χ2n) is 12.2. The number of nitrogens with zero attached hydrogens (tertiary/aromatic N) is 2. The van der Waals surface area contributed by atoms with Crippen LogP contribution >= 0.6 is 15.9 Å².